The van der Waals surface area contributed by atoms with E-state index in [0.717, 1.165) is 5.56 Å². The van der Waals surface area contributed by atoms with Crippen LogP contribution >= 0.6 is 0 Å². The van der Waals surface area contributed by atoms with Crippen molar-refractivity contribution in [1.82, 2.24) is 4.90 Å². The molecule has 0 atom stereocenters. The average molecular weight is 209 g/mol. The first-order valence-corrected chi connectivity index (χ1v) is 4.77. The van der Waals surface area contributed by atoms with Gasteiger partial charge in [0.15, 0.2) is 0 Å². The number of phenols is 1. The summed E-state index contributed by atoms with van der Waals surface area (Å²) in [5, 5.41) is 18.0. The number of aliphatic carboxylic acids is 1. The smallest absolute Gasteiger partial charge is 0.304 e. The summed E-state index contributed by atoms with van der Waals surface area (Å²) in [6.45, 7) is 1.03. The Bertz CT molecular complexity index is 338. The molecule has 0 saturated heterocycles. The molecule has 1 aromatic carbocycles. The molecule has 0 aliphatic heterocycles. The van der Waals surface area contributed by atoms with Gasteiger partial charge in [-0.2, -0.15) is 0 Å². The molecule has 15 heavy (non-hydrogen) atoms. The van der Waals surface area contributed by atoms with E-state index < -0.39 is 5.97 Å². The van der Waals surface area contributed by atoms with Crippen molar-refractivity contribution < 1.29 is 15.0 Å². The Kier molecular flexibility index (Phi) is 4.12. The number of para-hydroxylation sites is 1. The summed E-state index contributed by atoms with van der Waals surface area (Å²) in [5.74, 6) is -0.557. The average Bonchev–Trinajstić information content (AvgIpc) is 2.18. The lowest BCUT2D eigenvalue weighted by atomic mass is 10.2. The molecule has 0 spiro atoms. The van der Waals surface area contributed by atoms with E-state index >= 15 is 0 Å². The number of benzene rings is 1. The minimum atomic E-state index is -0.806. The first-order chi connectivity index (χ1) is 7.09. The molecule has 0 fully saturated rings. The van der Waals surface area contributed by atoms with Gasteiger partial charge in [0.2, 0.25) is 0 Å². The van der Waals surface area contributed by atoms with Crippen molar-refractivity contribution in [2.45, 2.75) is 13.0 Å². The van der Waals surface area contributed by atoms with E-state index in [2.05, 4.69) is 0 Å². The van der Waals surface area contributed by atoms with Crippen LogP contribution in [0.2, 0.25) is 0 Å². The van der Waals surface area contributed by atoms with Crippen molar-refractivity contribution in [3.8, 4) is 5.75 Å². The van der Waals surface area contributed by atoms with Crippen LogP contribution in [-0.4, -0.2) is 34.7 Å². The first-order valence-electron chi connectivity index (χ1n) is 4.77. The molecule has 0 heterocycles. The number of aromatic hydroxyl groups is 1. The van der Waals surface area contributed by atoms with E-state index in [1.54, 1.807) is 12.1 Å². The highest BCUT2D eigenvalue weighted by Gasteiger charge is 2.05. The Labute approximate surface area is 88.8 Å². The van der Waals surface area contributed by atoms with Crippen LogP contribution in [0.5, 0.6) is 5.75 Å². The maximum Gasteiger partial charge on any atom is 0.304 e. The Morgan fingerprint density at radius 2 is 2.07 bits per heavy atom. The molecule has 0 radical (unpaired) electrons. The molecule has 2 N–H and O–H groups in total. The van der Waals surface area contributed by atoms with Crippen LogP contribution in [0.3, 0.4) is 0 Å². The lowest BCUT2D eigenvalue weighted by molar-refractivity contribution is -0.137. The molecule has 82 valence electrons. The molecule has 4 heteroatoms. The number of phenolic OH excluding ortho intramolecular Hbond substituents is 1. The third-order valence-corrected chi connectivity index (χ3v) is 2.14. The van der Waals surface area contributed by atoms with E-state index in [1.807, 2.05) is 24.1 Å². The maximum atomic E-state index is 10.3. The van der Waals surface area contributed by atoms with E-state index in [1.165, 1.54) is 0 Å². The van der Waals surface area contributed by atoms with Crippen LogP contribution in [-0.2, 0) is 11.3 Å². The zero-order valence-corrected chi connectivity index (χ0v) is 8.68. The van der Waals surface area contributed by atoms with Crippen molar-refractivity contribution in [2.75, 3.05) is 13.6 Å². The second-order valence-corrected chi connectivity index (χ2v) is 3.51. The highest BCUT2D eigenvalue weighted by molar-refractivity contribution is 5.66. The number of carbonyl (C=O) groups is 1. The number of hydrogen-bond acceptors (Lipinski definition) is 3. The molecular formula is C11H15NO3. The minimum absolute atomic E-state index is 0.115. The Morgan fingerprint density at radius 3 is 2.67 bits per heavy atom. The predicted molar refractivity (Wildman–Crippen MR) is 56.7 cm³/mol. The molecule has 1 rings (SSSR count). The van der Waals surface area contributed by atoms with Crippen LogP contribution < -0.4 is 0 Å². The van der Waals surface area contributed by atoms with Gasteiger partial charge in [0.1, 0.15) is 5.75 Å². The van der Waals surface area contributed by atoms with Gasteiger partial charge >= 0.3 is 5.97 Å². The molecule has 4 nitrogen and oxygen atoms in total. The topological polar surface area (TPSA) is 60.8 Å². The molecule has 1 aromatic rings. The monoisotopic (exact) mass is 209 g/mol. The fourth-order valence-corrected chi connectivity index (χ4v) is 1.30. The standard InChI is InChI=1S/C11H15NO3/c1-12(7-6-11(14)15)8-9-4-2-3-5-10(9)13/h2-5,13H,6-8H2,1H3,(H,14,15). The third-order valence-electron chi connectivity index (χ3n) is 2.14. The normalized spacial score (nSPS) is 10.5. The molecule has 0 aromatic heterocycles. The van der Waals surface area contributed by atoms with Gasteiger partial charge in [-0.05, 0) is 13.1 Å². The van der Waals surface area contributed by atoms with Gasteiger partial charge < -0.3 is 15.1 Å². The van der Waals surface area contributed by atoms with Crippen molar-refractivity contribution in [2.24, 2.45) is 0 Å². The molecule has 0 saturated carbocycles. The van der Waals surface area contributed by atoms with Gasteiger partial charge in [-0.1, -0.05) is 18.2 Å². The summed E-state index contributed by atoms with van der Waals surface area (Å²) in [4.78, 5) is 12.2. The molecule has 0 unspecified atom stereocenters. The summed E-state index contributed by atoms with van der Waals surface area (Å²) in [5.41, 5.74) is 0.811. The van der Waals surface area contributed by atoms with Gasteiger partial charge in [-0.25, -0.2) is 0 Å². The third kappa shape index (κ3) is 3.99. The fraction of sp³-hybridized carbons (Fsp3) is 0.364. The highest BCUT2D eigenvalue weighted by atomic mass is 16.4. The number of carboxylic acid groups (broad SMARTS) is 1. The molecule has 0 aliphatic carbocycles. The van der Waals surface area contributed by atoms with Crippen molar-refractivity contribution in [1.29, 1.82) is 0 Å². The van der Waals surface area contributed by atoms with Crippen molar-refractivity contribution >= 4 is 5.97 Å². The Morgan fingerprint density at radius 1 is 1.40 bits per heavy atom. The number of nitrogens with zero attached hydrogens (tertiary/aromatic N) is 1. The van der Waals surface area contributed by atoms with Crippen LogP contribution in [0.15, 0.2) is 24.3 Å². The SMILES string of the molecule is CN(CCC(=O)O)Cc1ccccc1O. The predicted octanol–water partition coefficient (Wildman–Crippen LogP) is 1.30. The van der Waals surface area contributed by atoms with Crippen molar-refractivity contribution in [3.05, 3.63) is 29.8 Å². The van der Waals surface area contributed by atoms with E-state index in [4.69, 9.17) is 5.11 Å². The van der Waals surface area contributed by atoms with Gasteiger partial charge in [0, 0.05) is 18.7 Å². The highest BCUT2D eigenvalue weighted by Crippen LogP contribution is 2.16. The maximum absolute atomic E-state index is 10.3. The van der Waals surface area contributed by atoms with E-state index in [0.29, 0.717) is 13.1 Å². The lowest BCUT2D eigenvalue weighted by Crippen LogP contribution is -2.21. The van der Waals surface area contributed by atoms with Gasteiger partial charge in [-0.15, -0.1) is 0 Å². The zero-order valence-electron chi connectivity index (χ0n) is 8.68. The summed E-state index contributed by atoms with van der Waals surface area (Å²) in [7, 11) is 1.83. The van der Waals surface area contributed by atoms with Gasteiger partial charge in [0.25, 0.3) is 0 Å². The molecule has 0 aliphatic rings. The second kappa shape index (κ2) is 5.36. The van der Waals surface area contributed by atoms with Crippen LogP contribution in [0.4, 0.5) is 0 Å². The first kappa shape index (κ1) is 11.5. The van der Waals surface area contributed by atoms with Crippen LogP contribution in [0.25, 0.3) is 0 Å². The number of hydrogen-bond donors (Lipinski definition) is 2. The quantitative estimate of drug-likeness (QED) is 0.767. The fourth-order valence-electron chi connectivity index (χ4n) is 1.30. The lowest BCUT2D eigenvalue weighted by Gasteiger charge is -2.15. The second-order valence-electron chi connectivity index (χ2n) is 3.51. The summed E-state index contributed by atoms with van der Waals surface area (Å²) in [6, 6.07) is 7.06. The minimum Gasteiger partial charge on any atom is -0.508 e. The van der Waals surface area contributed by atoms with Gasteiger partial charge in [-0.3, -0.25) is 4.79 Å². The molecular weight excluding hydrogens is 194 g/mol. The zero-order chi connectivity index (χ0) is 11.3. The van der Waals surface area contributed by atoms with E-state index in [-0.39, 0.29) is 12.2 Å². The van der Waals surface area contributed by atoms with Crippen LogP contribution in [0.1, 0.15) is 12.0 Å². The Balaban J connectivity index is 2.47. The summed E-state index contributed by atoms with van der Waals surface area (Å²) in [6.07, 6.45) is 0.115. The number of rotatable bonds is 5. The summed E-state index contributed by atoms with van der Waals surface area (Å²) >= 11 is 0. The van der Waals surface area contributed by atoms with Crippen LogP contribution in [0, 0.1) is 0 Å². The molecule has 0 bridgehead atoms. The number of carboxylic acids is 1. The van der Waals surface area contributed by atoms with E-state index in [9.17, 15) is 9.90 Å². The Hall–Kier alpha value is -1.55. The van der Waals surface area contributed by atoms with Crippen molar-refractivity contribution in [3.63, 3.8) is 0 Å². The summed E-state index contributed by atoms with van der Waals surface area (Å²) < 4.78 is 0. The largest absolute Gasteiger partial charge is 0.508 e. The van der Waals surface area contributed by atoms with Gasteiger partial charge in [0.05, 0.1) is 6.42 Å². The molecule has 0 amide bonds.